The van der Waals surface area contributed by atoms with Crippen LogP contribution in [-0.4, -0.2) is 4.98 Å². The number of hydrogen-bond acceptors (Lipinski definition) is 3. The van der Waals surface area contributed by atoms with E-state index in [0.717, 1.165) is 17.3 Å². The van der Waals surface area contributed by atoms with Crippen LogP contribution in [0, 0.1) is 0 Å². The Morgan fingerprint density at radius 3 is 2.52 bits per heavy atom. The number of nitrogen functional groups attached to an aromatic ring is 1. The number of benzene rings is 2. The van der Waals surface area contributed by atoms with Gasteiger partial charge in [-0.25, -0.2) is 0 Å². The number of hydrogen-bond donors (Lipinski definition) is 2. The van der Waals surface area contributed by atoms with Gasteiger partial charge in [0.05, 0.1) is 17.6 Å². The highest BCUT2D eigenvalue weighted by Gasteiger charge is 2.25. The molecule has 4 rings (SSSR count). The fraction of sp³-hybridized carbons (Fsp3) is 0.167. The standard InChI is InChI=1S/C18H17N3/c19-16-11-20-10-9-18(16)21-17-8-7-13(12-5-6-12)14-3-1-2-4-15(14)17/h1-4,7-12H,5-6,19H2,(H,20,21). The van der Waals surface area contributed by atoms with E-state index in [1.807, 2.05) is 6.07 Å². The molecular weight excluding hydrogens is 258 g/mol. The van der Waals surface area contributed by atoms with Crippen molar-refractivity contribution in [1.29, 1.82) is 0 Å². The summed E-state index contributed by atoms with van der Waals surface area (Å²) in [6, 6.07) is 14.9. The topological polar surface area (TPSA) is 50.9 Å². The molecule has 3 heteroatoms. The summed E-state index contributed by atoms with van der Waals surface area (Å²) >= 11 is 0. The SMILES string of the molecule is Nc1cnccc1Nc1ccc(C2CC2)c2ccccc12. The summed E-state index contributed by atoms with van der Waals surface area (Å²) in [5, 5.41) is 6.03. The zero-order valence-corrected chi connectivity index (χ0v) is 11.7. The van der Waals surface area contributed by atoms with E-state index in [-0.39, 0.29) is 0 Å². The molecule has 0 unspecified atom stereocenters. The van der Waals surface area contributed by atoms with Gasteiger partial charge in [0, 0.05) is 17.3 Å². The van der Waals surface area contributed by atoms with Gasteiger partial charge in [0.2, 0.25) is 0 Å². The maximum Gasteiger partial charge on any atom is 0.0739 e. The quantitative estimate of drug-likeness (QED) is 0.743. The molecule has 0 saturated heterocycles. The molecular formula is C18H17N3. The molecule has 1 saturated carbocycles. The maximum atomic E-state index is 5.98. The first-order valence-corrected chi connectivity index (χ1v) is 7.31. The molecule has 3 N–H and O–H groups in total. The third-order valence-corrected chi connectivity index (χ3v) is 4.10. The third kappa shape index (κ3) is 2.21. The van der Waals surface area contributed by atoms with Gasteiger partial charge in [-0.05, 0) is 41.8 Å². The Hall–Kier alpha value is -2.55. The highest BCUT2D eigenvalue weighted by molar-refractivity contribution is 5.98. The minimum absolute atomic E-state index is 0.660. The Labute approximate surface area is 123 Å². The van der Waals surface area contributed by atoms with Crippen LogP contribution in [0.15, 0.2) is 54.9 Å². The van der Waals surface area contributed by atoms with E-state index in [1.54, 1.807) is 12.4 Å². The van der Waals surface area contributed by atoms with E-state index >= 15 is 0 Å². The Morgan fingerprint density at radius 2 is 1.76 bits per heavy atom. The number of nitrogens with one attached hydrogen (secondary N) is 1. The first-order chi connectivity index (χ1) is 10.3. The van der Waals surface area contributed by atoms with Crippen LogP contribution in [0.5, 0.6) is 0 Å². The lowest BCUT2D eigenvalue weighted by Crippen LogP contribution is -1.98. The summed E-state index contributed by atoms with van der Waals surface area (Å²) in [7, 11) is 0. The highest BCUT2D eigenvalue weighted by atomic mass is 14.9. The Kier molecular flexibility index (Phi) is 2.78. The van der Waals surface area contributed by atoms with Gasteiger partial charge in [0.15, 0.2) is 0 Å². The molecule has 3 nitrogen and oxygen atoms in total. The van der Waals surface area contributed by atoms with Crippen molar-refractivity contribution < 1.29 is 0 Å². The zero-order chi connectivity index (χ0) is 14.2. The number of nitrogens with zero attached hydrogens (tertiary/aromatic N) is 1. The largest absolute Gasteiger partial charge is 0.396 e. The van der Waals surface area contributed by atoms with Gasteiger partial charge in [-0.15, -0.1) is 0 Å². The van der Waals surface area contributed by atoms with Crippen LogP contribution in [0.25, 0.3) is 10.8 Å². The first-order valence-electron chi connectivity index (χ1n) is 7.31. The highest BCUT2D eigenvalue weighted by Crippen LogP contribution is 2.44. The summed E-state index contributed by atoms with van der Waals surface area (Å²) < 4.78 is 0. The van der Waals surface area contributed by atoms with Gasteiger partial charge in [-0.3, -0.25) is 4.98 Å². The van der Waals surface area contributed by atoms with E-state index in [4.69, 9.17) is 5.73 Å². The predicted octanol–water partition coefficient (Wildman–Crippen LogP) is 4.44. The summed E-state index contributed by atoms with van der Waals surface area (Å²) in [5.74, 6) is 0.745. The number of aromatic nitrogens is 1. The van der Waals surface area contributed by atoms with Crippen LogP contribution in [0.1, 0.15) is 24.3 Å². The van der Waals surface area contributed by atoms with Crippen molar-refractivity contribution in [1.82, 2.24) is 4.98 Å². The van der Waals surface area contributed by atoms with Crippen LogP contribution in [0.3, 0.4) is 0 Å². The van der Waals surface area contributed by atoms with Crippen molar-refractivity contribution >= 4 is 27.8 Å². The van der Waals surface area contributed by atoms with Crippen molar-refractivity contribution in [2.75, 3.05) is 11.1 Å². The molecule has 0 bridgehead atoms. The summed E-state index contributed by atoms with van der Waals surface area (Å²) in [4.78, 5) is 4.03. The summed E-state index contributed by atoms with van der Waals surface area (Å²) in [6.45, 7) is 0. The Balaban J connectivity index is 1.83. The van der Waals surface area contributed by atoms with Gasteiger partial charge < -0.3 is 11.1 Å². The molecule has 0 atom stereocenters. The average molecular weight is 275 g/mol. The third-order valence-electron chi connectivity index (χ3n) is 4.10. The maximum absolute atomic E-state index is 5.98. The molecule has 1 aliphatic carbocycles. The molecule has 0 amide bonds. The molecule has 1 aliphatic rings. The van der Waals surface area contributed by atoms with Crippen molar-refractivity contribution in [3.8, 4) is 0 Å². The molecule has 104 valence electrons. The molecule has 21 heavy (non-hydrogen) atoms. The summed E-state index contributed by atoms with van der Waals surface area (Å²) in [6.07, 6.45) is 6.05. The van der Waals surface area contributed by atoms with E-state index in [2.05, 4.69) is 46.7 Å². The minimum atomic E-state index is 0.660. The van der Waals surface area contributed by atoms with Gasteiger partial charge in [-0.1, -0.05) is 30.3 Å². The molecule has 1 heterocycles. The van der Waals surface area contributed by atoms with Gasteiger partial charge >= 0.3 is 0 Å². The van der Waals surface area contributed by atoms with E-state index in [0.29, 0.717) is 5.69 Å². The number of pyridine rings is 1. The number of rotatable bonds is 3. The van der Waals surface area contributed by atoms with Crippen molar-refractivity contribution in [3.05, 3.63) is 60.4 Å². The van der Waals surface area contributed by atoms with Gasteiger partial charge in [-0.2, -0.15) is 0 Å². The lowest BCUT2D eigenvalue weighted by Gasteiger charge is -2.14. The monoisotopic (exact) mass is 275 g/mol. The van der Waals surface area contributed by atoms with Crippen molar-refractivity contribution in [2.45, 2.75) is 18.8 Å². The summed E-state index contributed by atoms with van der Waals surface area (Å²) in [5.41, 5.74) is 10.1. The number of anilines is 3. The lowest BCUT2D eigenvalue weighted by molar-refractivity contribution is 1.15. The van der Waals surface area contributed by atoms with Crippen molar-refractivity contribution in [3.63, 3.8) is 0 Å². The number of fused-ring (bicyclic) bond motifs is 1. The number of nitrogens with two attached hydrogens (primary N) is 1. The average Bonchev–Trinajstić information content (AvgIpc) is 3.34. The zero-order valence-electron chi connectivity index (χ0n) is 11.7. The van der Waals surface area contributed by atoms with Gasteiger partial charge in [0.1, 0.15) is 0 Å². The second kappa shape index (κ2) is 4.77. The van der Waals surface area contributed by atoms with Gasteiger partial charge in [0.25, 0.3) is 0 Å². The van der Waals surface area contributed by atoms with E-state index in [1.165, 1.54) is 29.2 Å². The normalized spacial score (nSPS) is 14.3. The van der Waals surface area contributed by atoms with E-state index in [9.17, 15) is 0 Å². The molecule has 1 aromatic heterocycles. The molecule has 0 radical (unpaired) electrons. The Bertz CT molecular complexity index is 806. The molecule has 0 aliphatic heterocycles. The first kappa shape index (κ1) is 12.2. The van der Waals surface area contributed by atoms with Crippen molar-refractivity contribution in [2.24, 2.45) is 0 Å². The smallest absolute Gasteiger partial charge is 0.0739 e. The second-order valence-corrected chi connectivity index (χ2v) is 5.61. The molecule has 2 aromatic carbocycles. The second-order valence-electron chi connectivity index (χ2n) is 5.61. The fourth-order valence-corrected chi connectivity index (χ4v) is 2.85. The predicted molar refractivity (Wildman–Crippen MR) is 87.9 cm³/mol. The van der Waals surface area contributed by atoms with Crippen LogP contribution in [0.4, 0.5) is 17.1 Å². The lowest BCUT2D eigenvalue weighted by atomic mass is 9.99. The van der Waals surface area contributed by atoms with E-state index < -0.39 is 0 Å². The fourth-order valence-electron chi connectivity index (χ4n) is 2.85. The minimum Gasteiger partial charge on any atom is -0.396 e. The van der Waals surface area contributed by atoms with Crippen LogP contribution in [-0.2, 0) is 0 Å². The molecule has 0 spiro atoms. The Morgan fingerprint density at radius 1 is 0.952 bits per heavy atom. The van der Waals surface area contributed by atoms with Crippen LogP contribution in [0.2, 0.25) is 0 Å². The molecule has 1 fully saturated rings. The van der Waals surface area contributed by atoms with Crippen LogP contribution < -0.4 is 11.1 Å². The van der Waals surface area contributed by atoms with Crippen LogP contribution >= 0.6 is 0 Å². The molecule has 3 aromatic rings.